The van der Waals surface area contributed by atoms with Crippen LogP contribution in [0.1, 0.15) is 55.9 Å². The first kappa shape index (κ1) is 29.3. The number of allylic oxidation sites excluding steroid dienone is 2. The molecule has 8 aromatic rings. The van der Waals surface area contributed by atoms with Crippen molar-refractivity contribution < 1.29 is 11.6 Å². The molecule has 2 atom stereocenters. The monoisotopic (exact) mass is 767 g/mol. The second-order valence-electron chi connectivity index (χ2n) is 16.4. The van der Waals surface area contributed by atoms with Crippen LogP contribution < -0.4 is 9.64 Å². The fourth-order valence-electron chi connectivity index (χ4n) is 9.98. The van der Waals surface area contributed by atoms with Crippen molar-refractivity contribution in [1.29, 1.82) is 0 Å². The summed E-state index contributed by atoms with van der Waals surface area (Å²) >= 11 is 0. The average molecular weight is 768 g/mol. The van der Waals surface area contributed by atoms with Crippen LogP contribution in [0.15, 0.2) is 158 Å². The van der Waals surface area contributed by atoms with Crippen molar-refractivity contribution in [2.45, 2.75) is 51.5 Å². The smallest absolute Gasteiger partial charge is 0.212 e. The third-order valence-electron chi connectivity index (χ3n) is 12.9. The molecule has 5 nitrogen and oxygen atoms in total. The van der Waals surface area contributed by atoms with E-state index in [-0.39, 0.29) is 17.6 Å². The molecule has 4 aliphatic rings. The molecule has 0 saturated carbocycles. The third-order valence-corrected chi connectivity index (χ3v) is 12.9. The molecule has 284 valence electrons. The average Bonchev–Trinajstić information content (AvgIpc) is 3.82. The summed E-state index contributed by atoms with van der Waals surface area (Å²) in [4.78, 5) is 12.6. The van der Waals surface area contributed by atoms with Gasteiger partial charge in [-0.1, -0.05) is 118 Å². The van der Waals surface area contributed by atoms with Gasteiger partial charge in [0.05, 0.1) is 28.8 Å². The highest BCUT2D eigenvalue weighted by molar-refractivity contribution is 6.04. The molecule has 2 aromatic heterocycles. The van der Waals surface area contributed by atoms with E-state index in [0.717, 1.165) is 84.0 Å². The van der Waals surface area contributed by atoms with Crippen LogP contribution >= 0.6 is 0 Å². The van der Waals surface area contributed by atoms with Crippen molar-refractivity contribution in [3.63, 3.8) is 0 Å². The van der Waals surface area contributed by atoms with Gasteiger partial charge in [0.1, 0.15) is 11.5 Å². The zero-order valence-electron chi connectivity index (χ0n) is 37.9. The van der Waals surface area contributed by atoms with Gasteiger partial charge >= 0.3 is 0 Å². The van der Waals surface area contributed by atoms with Gasteiger partial charge in [0, 0.05) is 46.4 Å². The van der Waals surface area contributed by atoms with Crippen LogP contribution in [-0.2, 0) is 11.8 Å². The SMILES string of the molecule is [2H]C([2H])([2H])c1cc2c(cc1-c1ccc3c(c1)-c1ccccc1-c1ncccc1-c1ccc(N4c5nc6ccccc6n5C5C=CC=CC54)cc1-3)C(C)(C)c1ccc(C([2H])([2H])C)cc1O2. The lowest BCUT2D eigenvalue weighted by molar-refractivity contribution is 0.417. The van der Waals surface area contributed by atoms with Gasteiger partial charge in [0.2, 0.25) is 5.95 Å². The molecule has 0 N–H and O–H groups in total. The van der Waals surface area contributed by atoms with Crippen LogP contribution in [0.5, 0.6) is 11.5 Å². The van der Waals surface area contributed by atoms with Crippen LogP contribution in [-0.4, -0.2) is 20.6 Å². The molecule has 12 rings (SSSR count). The second-order valence-corrected chi connectivity index (χ2v) is 16.4. The number of ether oxygens (including phenoxy) is 1. The van der Waals surface area contributed by atoms with Crippen LogP contribution in [0.25, 0.3) is 66.8 Å². The Labute approximate surface area is 351 Å². The minimum absolute atomic E-state index is 0.0281. The van der Waals surface area contributed by atoms with Crippen molar-refractivity contribution in [2.24, 2.45) is 0 Å². The van der Waals surface area contributed by atoms with E-state index in [9.17, 15) is 0 Å². The highest BCUT2D eigenvalue weighted by Crippen LogP contribution is 2.53. The normalized spacial score (nSPS) is 19.0. The van der Waals surface area contributed by atoms with Crippen molar-refractivity contribution in [3.8, 4) is 67.3 Å². The maximum Gasteiger partial charge on any atom is 0.212 e. The maximum absolute atomic E-state index is 8.84. The molecule has 0 saturated heterocycles. The van der Waals surface area contributed by atoms with E-state index < -0.39 is 18.6 Å². The molecule has 0 amide bonds. The molecule has 0 fully saturated rings. The van der Waals surface area contributed by atoms with Crippen molar-refractivity contribution in [1.82, 2.24) is 14.5 Å². The fraction of sp³-hybridized carbons (Fsp3) is 0.148. The number of para-hydroxylation sites is 2. The second kappa shape index (κ2) is 12.5. The summed E-state index contributed by atoms with van der Waals surface area (Å²) in [6, 6.07) is 43.1. The molecule has 5 heteroatoms. The number of aryl methyl sites for hydroxylation is 2. The van der Waals surface area contributed by atoms with E-state index >= 15 is 0 Å². The number of benzene rings is 6. The number of hydrogen-bond acceptors (Lipinski definition) is 4. The van der Waals surface area contributed by atoms with E-state index in [2.05, 4.69) is 120 Å². The Morgan fingerprint density at radius 3 is 2.31 bits per heavy atom. The molecular weight excluding hydrogens is 721 g/mol. The predicted octanol–water partition coefficient (Wildman–Crippen LogP) is 13.6. The number of hydrogen-bond donors (Lipinski definition) is 0. The fourth-order valence-corrected chi connectivity index (χ4v) is 9.98. The Morgan fingerprint density at radius 1 is 0.678 bits per heavy atom. The van der Waals surface area contributed by atoms with Gasteiger partial charge in [-0.3, -0.25) is 4.98 Å². The van der Waals surface area contributed by atoms with E-state index in [1.54, 1.807) is 12.1 Å². The standard InChI is InChI=1S/C54H42N4O/c1-5-33-20-25-44-51(28-33)59-50-27-32(2)41(31-45(50)54(44,3)4)34-21-23-38-42(29-34)36-13-6-7-14-39(36)52-40(15-12-26-55-52)37-24-22-35(30-43(37)38)57-48-18-10-11-19-49(48)58-47-17-9-8-16-46(47)56-53(57)58/h6-31,48-49H,5H2,1-4H3/i2D3,5D2. The summed E-state index contributed by atoms with van der Waals surface area (Å²) in [5.74, 6) is 1.89. The largest absolute Gasteiger partial charge is 0.457 e. The first-order valence-corrected chi connectivity index (χ1v) is 20.2. The minimum Gasteiger partial charge on any atom is -0.457 e. The molecule has 0 bridgehead atoms. The van der Waals surface area contributed by atoms with Crippen LogP contribution in [0.4, 0.5) is 11.6 Å². The van der Waals surface area contributed by atoms with Crippen molar-refractivity contribution in [2.75, 3.05) is 4.90 Å². The van der Waals surface area contributed by atoms with Crippen molar-refractivity contribution in [3.05, 3.63) is 180 Å². The lowest BCUT2D eigenvalue weighted by atomic mass is 9.74. The molecular formula is C54H42N4O. The summed E-state index contributed by atoms with van der Waals surface area (Å²) in [5, 5.41) is 0. The Hall–Kier alpha value is -6.98. The van der Waals surface area contributed by atoms with Gasteiger partial charge < -0.3 is 14.2 Å². The molecule has 0 spiro atoms. The molecule has 4 heterocycles. The quantitative estimate of drug-likeness (QED) is 0.180. The zero-order valence-corrected chi connectivity index (χ0v) is 32.9. The summed E-state index contributed by atoms with van der Waals surface area (Å²) < 4.78 is 52.1. The Bertz CT molecular complexity index is 3350. The minimum atomic E-state index is -2.47. The molecule has 0 radical (unpaired) electrons. The summed E-state index contributed by atoms with van der Waals surface area (Å²) in [6.45, 7) is 3.27. The van der Waals surface area contributed by atoms with Crippen LogP contribution in [0.2, 0.25) is 0 Å². The summed E-state index contributed by atoms with van der Waals surface area (Å²) in [5.41, 5.74) is 14.3. The molecule has 6 aromatic carbocycles. The highest BCUT2D eigenvalue weighted by Gasteiger charge is 2.40. The van der Waals surface area contributed by atoms with Crippen LogP contribution in [0.3, 0.4) is 0 Å². The lowest BCUT2D eigenvalue weighted by Crippen LogP contribution is -2.29. The Kier molecular flexibility index (Phi) is 6.20. The van der Waals surface area contributed by atoms with Gasteiger partial charge in [-0.15, -0.1) is 0 Å². The molecule has 2 aliphatic heterocycles. The number of fused-ring (bicyclic) bond motifs is 15. The van der Waals surface area contributed by atoms with E-state index in [1.165, 1.54) is 6.92 Å². The summed E-state index contributed by atoms with van der Waals surface area (Å²) in [6.07, 6.45) is 9.03. The van der Waals surface area contributed by atoms with Crippen LogP contribution in [0, 0.1) is 6.85 Å². The number of rotatable bonds is 3. The zero-order chi connectivity index (χ0) is 43.9. The Morgan fingerprint density at radius 2 is 1.42 bits per heavy atom. The van der Waals surface area contributed by atoms with Crippen molar-refractivity contribution >= 4 is 22.7 Å². The topological polar surface area (TPSA) is 43.2 Å². The third kappa shape index (κ3) is 4.91. The van der Waals surface area contributed by atoms with E-state index in [0.29, 0.717) is 22.6 Å². The first-order chi connectivity index (χ1) is 30.8. The predicted molar refractivity (Wildman–Crippen MR) is 241 cm³/mol. The number of aromatic nitrogens is 3. The van der Waals surface area contributed by atoms with Gasteiger partial charge in [0.25, 0.3) is 0 Å². The summed E-state index contributed by atoms with van der Waals surface area (Å²) in [7, 11) is 0. The van der Waals surface area contributed by atoms with Gasteiger partial charge in [-0.05, 0) is 118 Å². The maximum atomic E-state index is 8.84. The number of pyridine rings is 1. The lowest BCUT2D eigenvalue weighted by Gasteiger charge is -2.35. The number of imidazole rings is 1. The van der Waals surface area contributed by atoms with E-state index in [4.69, 9.17) is 21.6 Å². The van der Waals surface area contributed by atoms with Gasteiger partial charge in [-0.25, -0.2) is 4.98 Å². The van der Waals surface area contributed by atoms with Gasteiger partial charge in [-0.2, -0.15) is 0 Å². The molecule has 2 unspecified atom stereocenters. The van der Waals surface area contributed by atoms with E-state index in [1.807, 2.05) is 48.7 Å². The number of anilines is 2. The highest BCUT2D eigenvalue weighted by atomic mass is 16.5. The Balaban J connectivity index is 1.07. The molecule has 59 heavy (non-hydrogen) atoms. The molecule has 2 aliphatic carbocycles. The number of nitrogens with zero attached hydrogens (tertiary/aromatic N) is 4. The first-order valence-electron chi connectivity index (χ1n) is 22.7. The van der Waals surface area contributed by atoms with Gasteiger partial charge in [0.15, 0.2) is 0 Å².